The van der Waals surface area contributed by atoms with E-state index in [1.165, 1.54) is 4.90 Å². The number of nitrogens with zero attached hydrogens (tertiary/aromatic N) is 2. The summed E-state index contributed by atoms with van der Waals surface area (Å²) in [4.78, 5) is 28.6. The van der Waals surface area contributed by atoms with E-state index in [9.17, 15) is 26.8 Å². The Hall–Kier alpha value is -3.21. The molecule has 0 saturated heterocycles. The first-order chi connectivity index (χ1) is 18.9. The monoisotopic (exact) mass is 611 g/mol. The lowest BCUT2D eigenvalue weighted by molar-refractivity contribution is -0.140. The molecule has 0 aliphatic rings. The highest BCUT2D eigenvalue weighted by Crippen LogP contribution is 2.25. The number of amides is 2. The van der Waals surface area contributed by atoms with Crippen LogP contribution in [0.25, 0.3) is 0 Å². The molecule has 3 aromatic carbocycles. The fourth-order valence-corrected chi connectivity index (χ4v) is 5.17. The lowest BCUT2D eigenvalue weighted by Gasteiger charge is -2.33. The minimum atomic E-state index is -4.12. The number of nitrogens with one attached hydrogen (secondary N) is 1. The van der Waals surface area contributed by atoms with Gasteiger partial charge in [-0.3, -0.25) is 13.9 Å². The largest absolute Gasteiger partial charge is 0.354 e. The Kier molecular flexibility index (Phi) is 10.9. The van der Waals surface area contributed by atoms with Crippen LogP contribution in [0.1, 0.15) is 24.5 Å². The van der Waals surface area contributed by atoms with Gasteiger partial charge >= 0.3 is 0 Å². The van der Waals surface area contributed by atoms with E-state index in [0.717, 1.165) is 24.0 Å². The third-order valence-corrected chi connectivity index (χ3v) is 7.91. The average Bonchev–Trinajstić information content (AvgIpc) is 2.91. The van der Waals surface area contributed by atoms with Crippen LogP contribution < -0.4 is 9.62 Å². The van der Waals surface area contributed by atoms with Crippen LogP contribution in [0.4, 0.5) is 14.5 Å². The number of benzene rings is 3. The molecule has 12 heteroatoms. The lowest BCUT2D eigenvalue weighted by Crippen LogP contribution is -2.53. The maximum absolute atomic E-state index is 14.0. The SMILES string of the molecule is CCCNC(=O)[C@H](Cc1ccccc1)N(Cc1ccc(Cl)c(Cl)c1)C(=O)CN(c1ccc(F)c(F)c1)S(C)(=O)=O. The number of anilines is 1. The maximum Gasteiger partial charge on any atom is 0.244 e. The maximum atomic E-state index is 14.0. The summed E-state index contributed by atoms with van der Waals surface area (Å²) >= 11 is 12.3. The third kappa shape index (κ3) is 8.39. The molecule has 214 valence electrons. The van der Waals surface area contributed by atoms with Crippen LogP contribution in [0.2, 0.25) is 10.0 Å². The van der Waals surface area contributed by atoms with Crippen molar-refractivity contribution < 1.29 is 26.8 Å². The van der Waals surface area contributed by atoms with E-state index >= 15 is 0 Å². The second-order valence-electron chi connectivity index (χ2n) is 9.13. The number of hydrogen-bond donors (Lipinski definition) is 1. The molecule has 1 atom stereocenters. The second kappa shape index (κ2) is 13.9. The molecule has 7 nitrogen and oxygen atoms in total. The first-order valence-corrected chi connectivity index (χ1v) is 15.0. The zero-order valence-corrected chi connectivity index (χ0v) is 24.2. The van der Waals surface area contributed by atoms with Gasteiger partial charge in [0, 0.05) is 25.6 Å². The van der Waals surface area contributed by atoms with E-state index in [4.69, 9.17) is 23.2 Å². The first-order valence-electron chi connectivity index (χ1n) is 12.4. The summed E-state index contributed by atoms with van der Waals surface area (Å²) < 4.78 is 53.6. The molecule has 2 amide bonds. The molecule has 3 aromatic rings. The number of carbonyl (C=O) groups excluding carboxylic acids is 2. The minimum Gasteiger partial charge on any atom is -0.354 e. The van der Waals surface area contributed by atoms with Gasteiger partial charge in [0.15, 0.2) is 11.6 Å². The molecule has 0 unspecified atom stereocenters. The lowest BCUT2D eigenvalue weighted by atomic mass is 10.0. The van der Waals surface area contributed by atoms with Crippen molar-refractivity contribution in [2.24, 2.45) is 0 Å². The minimum absolute atomic E-state index is 0.109. The van der Waals surface area contributed by atoms with Crippen molar-refractivity contribution in [2.75, 3.05) is 23.7 Å². The van der Waals surface area contributed by atoms with E-state index in [-0.39, 0.29) is 23.7 Å². The van der Waals surface area contributed by atoms with E-state index in [1.54, 1.807) is 30.3 Å². The number of sulfonamides is 1. The molecule has 40 heavy (non-hydrogen) atoms. The molecule has 0 bridgehead atoms. The molecule has 0 aliphatic heterocycles. The van der Waals surface area contributed by atoms with Gasteiger partial charge in [-0.05, 0) is 41.8 Å². The highest BCUT2D eigenvalue weighted by Gasteiger charge is 2.33. The number of halogens is 4. The Balaban J connectivity index is 2.07. The fourth-order valence-electron chi connectivity index (χ4n) is 4.01. The smallest absolute Gasteiger partial charge is 0.244 e. The van der Waals surface area contributed by atoms with Crippen molar-refractivity contribution in [2.45, 2.75) is 32.4 Å². The molecular formula is C28H29Cl2F2N3O4S. The summed E-state index contributed by atoms with van der Waals surface area (Å²) in [7, 11) is -4.12. The van der Waals surface area contributed by atoms with E-state index in [2.05, 4.69) is 5.32 Å². The topological polar surface area (TPSA) is 86.8 Å². The molecule has 3 rings (SSSR count). The van der Waals surface area contributed by atoms with Crippen LogP contribution in [0.3, 0.4) is 0 Å². The summed E-state index contributed by atoms with van der Waals surface area (Å²) in [5, 5.41) is 3.35. The molecule has 0 aromatic heterocycles. The van der Waals surface area contributed by atoms with Crippen molar-refractivity contribution in [1.82, 2.24) is 10.2 Å². The van der Waals surface area contributed by atoms with Crippen molar-refractivity contribution in [1.29, 1.82) is 0 Å². The zero-order chi connectivity index (χ0) is 29.4. The van der Waals surface area contributed by atoms with Crippen LogP contribution >= 0.6 is 23.2 Å². The average molecular weight is 613 g/mol. The molecule has 0 aliphatic carbocycles. The van der Waals surface area contributed by atoms with Gasteiger partial charge in [0.25, 0.3) is 0 Å². The Morgan fingerprint density at radius 2 is 1.62 bits per heavy atom. The van der Waals surface area contributed by atoms with Gasteiger partial charge in [-0.2, -0.15) is 0 Å². The summed E-state index contributed by atoms with van der Waals surface area (Å²) in [5.74, 6) is -3.61. The molecular weight excluding hydrogens is 583 g/mol. The molecule has 0 heterocycles. The fraction of sp³-hybridized carbons (Fsp3) is 0.286. The van der Waals surface area contributed by atoms with E-state index in [1.807, 2.05) is 25.1 Å². The second-order valence-corrected chi connectivity index (χ2v) is 11.9. The van der Waals surface area contributed by atoms with Gasteiger partial charge in [-0.1, -0.05) is 66.5 Å². The highest BCUT2D eigenvalue weighted by molar-refractivity contribution is 7.92. The van der Waals surface area contributed by atoms with Gasteiger partial charge in [0.1, 0.15) is 12.6 Å². The number of rotatable bonds is 12. The summed E-state index contributed by atoms with van der Waals surface area (Å²) in [6, 6.07) is 15.3. The standard InChI is InChI=1S/C28H29Cl2F2N3O4S/c1-3-13-33-28(37)26(15-19-7-5-4-6-8-19)34(17-20-9-11-22(29)23(30)14-20)27(36)18-35(40(2,38)39)21-10-12-24(31)25(32)16-21/h4-12,14,16,26H,3,13,15,17-18H2,1-2H3,(H,33,37)/t26-/m0/s1. The highest BCUT2D eigenvalue weighted by atomic mass is 35.5. The van der Waals surface area contributed by atoms with Crippen LogP contribution in [0, 0.1) is 11.6 Å². The first kappa shape index (κ1) is 31.3. The summed E-state index contributed by atoms with van der Waals surface area (Å²) in [6.45, 7) is 1.37. The van der Waals surface area contributed by atoms with Gasteiger partial charge in [0.05, 0.1) is 22.0 Å². The van der Waals surface area contributed by atoms with Crippen LogP contribution in [0.5, 0.6) is 0 Å². The van der Waals surface area contributed by atoms with Crippen molar-refractivity contribution in [3.05, 3.63) is 99.5 Å². The predicted molar refractivity (Wildman–Crippen MR) is 153 cm³/mol. The van der Waals surface area contributed by atoms with Crippen molar-refractivity contribution in [3.8, 4) is 0 Å². The Morgan fingerprint density at radius 3 is 2.23 bits per heavy atom. The molecule has 0 saturated carbocycles. The Morgan fingerprint density at radius 1 is 0.925 bits per heavy atom. The Bertz CT molecular complexity index is 1460. The molecule has 0 radical (unpaired) electrons. The Labute approximate surface area is 242 Å². The van der Waals surface area contributed by atoms with Crippen molar-refractivity contribution in [3.63, 3.8) is 0 Å². The van der Waals surface area contributed by atoms with Crippen LogP contribution in [-0.2, 0) is 32.6 Å². The number of hydrogen-bond acceptors (Lipinski definition) is 4. The van der Waals surface area contributed by atoms with Crippen LogP contribution in [0.15, 0.2) is 66.7 Å². The number of carbonyl (C=O) groups is 2. The van der Waals surface area contributed by atoms with Crippen LogP contribution in [-0.4, -0.2) is 50.5 Å². The summed E-state index contributed by atoms with van der Waals surface area (Å²) in [6.07, 6.45) is 1.64. The zero-order valence-electron chi connectivity index (χ0n) is 21.9. The normalized spacial score (nSPS) is 12.1. The predicted octanol–water partition coefficient (Wildman–Crippen LogP) is 5.20. The third-order valence-electron chi connectivity index (χ3n) is 6.03. The van der Waals surface area contributed by atoms with Gasteiger partial charge in [0.2, 0.25) is 21.8 Å². The van der Waals surface area contributed by atoms with Gasteiger partial charge < -0.3 is 10.2 Å². The van der Waals surface area contributed by atoms with E-state index < -0.39 is 46.1 Å². The molecule has 1 N–H and O–H groups in total. The quantitative estimate of drug-likeness (QED) is 0.305. The van der Waals surface area contributed by atoms with E-state index in [0.29, 0.717) is 33.9 Å². The van der Waals surface area contributed by atoms with Gasteiger partial charge in [-0.25, -0.2) is 17.2 Å². The summed E-state index contributed by atoms with van der Waals surface area (Å²) in [5.41, 5.74) is 1.08. The van der Waals surface area contributed by atoms with Crippen molar-refractivity contribution >= 4 is 50.7 Å². The van der Waals surface area contributed by atoms with Gasteiger partial charge in [-0.15, -0.1) is 0 Å². The molecule has 0 spiro atoms. The molecule has 0 fully saturated rings.